The molecular weight excluding hydrogens is 318 g/mol. The molecule has 0 bridgehead atoms. The Morgan fingerprint density at radius 3 is 2.57 bits per heavy atom. The van der Waals surface area contributed by atoms with Gasteiger partial charge in [-0.25, -0.2) is 8.42 Å². The highest BCUT2D eigenvalue weighted by Gasteiger charge is 2.29. The highest BCUT2D eigenvalue weighted by Crippen LogP contribution is 2.20. The lowest BCUT2D eigenvalue weighted by Gasteiger charge is -2.29. The van der Waals surface area contributed by atoms with Crippen molar-refractivity contribution in [3.63, 3.8) is 0 Å². The van der Waals surface area contributed by atoms with Gasteiger partial charge in [0.2, 0.25) is 15.9 Å². The average molecular weight is 337 g/mol. The number of carbonyl (C=O) groups excluding carboxylic acids is 2. The van der Waals surface area contributed by atoms with Gasteiger partial charge in [-0.2, -0.15) is 0 Å². The molecule has 23 heavy (non-hydrogen) atoms. The van der Waals surface area contributed by atoms with Gasteiger partial charge < -0.3 is 5.73 Å². The predicted octanol–water partition coefficient (Wildman–Crippen LogP) is 0.445. The van der Waals surface area contributed by atoms with Gasteiger partial charge in [-0.3, -0.25) is 14.6 Å². The summed E-state index contributed by atoms with van der Waals surface area (Å²) in [6, 6.07) is 8.67. The van der Waals surface area contributed by atoms with E-state index in [1.54, 1.807) is 37.3 Å². The van der Waals surface area contributed by atoms with Crippen LogP contribution in [0.4, 0.5) is 0 Å². The van der Waals surface area contributed by atoms with Gasteiger partial charge in [-0.15, -0.1) is 4.83 Å². The number of hydrazine groups is 1. The molecule has 0 radical (unpaired) electrons. The van der Waals surface area contributed by atoms with Crippen molar-refractivity contribution in [1.29, 1.82) is 0 Å². The Morgan fingerprint density at radius 2 is 1.96 bits per heavy atom. The van der Waals surface area contributed by atoms with Gasteiger partial charge in [-0.05, 0) is 18.9 Å². The quantitative estimate of drug-likeness (QED) is 0.785. The predicted molar refractivity (Wildman–Crippen MR) is 85.0 cm³/mol. The van der Waals surface area contributed by atoms with Crippen LogP contribution in [0, 0.1) is 0 Å². The number of hydrogen-bond acceptors (Lipinski definition) is 4. The fourth-order valence-electron chi connectivity index (χ4n) is 2.36. The fourth-order valence-corrected chi connectivity index (χ4v) is 3.56. The Balaban J connectivity index is 2.11. The second-order valence-electron chi connectivity index (χ2n) is 5.44. The van der Waals surface area contributed by atoms with E-state index in [1.807, 2.05) is 0 Å². The lowest BCUT2D eigenvalue weighted by atomic mass is 9.99. The van der Waals surface area contributed by atoms with Crippen molar-refractivity contribution in [2.75, 3.05) is 6.54 Å². The number of hydrogen-bond donors (Lipinski definition) is 2. The highest BCUT2D eigenvalue weighted by atomic mass is 32.2. The van der Waals surface area contributed by atoms with Crippen molar-refractivity contribution in [2.45, 2.75) is 25.5 Å². The second-order valence-corrected chi connectivity index (χ2v) is 7.15. The normalized spacial score (nSPS) is 15.9. The minimum Gasteiger partial charge on any atom is -0.369 e. The third kappa shape index (κ3) is 4.64. The van der Waals surface area contributed by atoms with E-state index in [9.17, 15) is 18.0 Å². The Bertz CT molecular complexity index is 741. The number of sulfonamides is 1. The van der Waals surface area contributed by atoms with Crippen LogP contribution in [0.1, 0.15) is 25.3 Å². The molecule has 0 unspecified atom stereocenters. The zero-order valence-electron chi connectivity index (χ0n) is 12.8. The molecule has 1 heterocycles. The van der Waals surface area contributed by atoms with Crippen LogP contribution in [0.2, 0.25) is 0 Å². The summed E-state index contributed by atoms with van der Waals surface area (Å²) in [7, 11) is -3.72. The van der Waals surface area contributed by atoms with Crippen LogP contribution in [-0.2, 0) is 25.4 Å². The monoisotopic (exact) mass is 337 g/mol. The average Bonchev–Trinajstić information content (AvgIpc) is 2.47. The minimum absolute atomic E-state index is 0.193. The smallest absolute Gasteiger partial charge is 0.265 e. The summed E-state index contributed by atoms with van der Waals surface area (Å²) in [5.74, 6) is -1.38. The van der Waals surface area contributed by atoms with Gasteiger partial charge in [0.1, 0.15) is 0 Å². The Hall–Kier alpha value is -2.19. The molecule has 2 amide bonds. The molecule has 3 N–H and O–H groups in total. The van der Waals surface area contributed by atoms with Gasteiger partial charge in [0.25, 0.3) is 5.91 Å². The van der Waals surface area contributed by atoms with Crippen molar-refractivity contribution < 1.29 is 18.0 Å². The molecule has 0 saturated heterocycles. The number of rotatable bonds is 6. The molecule has 0 atom stereocenters. The molecule has 8 heteroatoms. The molecule has 1 aliphatic rings. The van der Waals surface area contributed by atoms with Crippen molar-refractivity contribution in [1.82, 2.24) is 9.84 Å². The van der Waals surface area contributed by atoms with E-state index in [-0.39, 0.29) is 24.3 Å². The summed E-state index contributed by atoms with van der Waals surface area (Å²) in [6.07, 6.45) is 0.295. The number of amides is 2. The van der Waals surface area contributed by atoms with Gasteiger partial charge >= 0.3 is 0 Å². The SMILES string of the molecule is CC1=C(CC(N)=O)C(=O)N(NS(=O)(=O)Cc2ccccc2)CC1. The molecule has 0 fully saturated rings. The van der Waals surface area contributed by atoms with E-state index in [4.69, 9.17) is 5.73 Å². The first-order valence-electron chi connectivity index (χ1n) is 7.11. The molecule has 124 valence electrons. The molecule has 2 rings (SSSR count). The van der Waals surface area contributed by atoms with Crippen LogP contribution in [0.25, 0.3) is 0 Å². The van der Waals surface area contributed by atoms with Crippen LogP contribution in [0.5, 0.6) is 0 Å². The maximum absolute atomic E-state index is 12.3. The number of carbonyl (C=O) groups is 2. The van der Waals surface area contributed by atoms with Crippen molar-refractivity contribution in [2.24, 2.45) is 5.73 Å². The lowest BCUT2D eigenvalue weighted by molar-refractivity contribution is -0.130. The Morgan fingerprint density at radius 1 is 1.30 bits per heavy atom. The van der Waals surface area contributed by atoms with Crippen LogP contribution in [0.15, 0.2) is 41.5 Å². The number of nitrogens with one attached hydrogen (secondary N) is 1. The molecule has 0 saturated carbocycles. The molecule has 1 aromatic rings. The van der Waals surface area contributed by atoms with E-state index < -0.39 is 21.8 Å². The fraction of sp³-hybridized carbons (Fsp3) is 0.333. The molecular formula is C15H19N3O4S. The summed E-state index contributed by atoms with van der Waals surface area (Å²) in [5.41, 5.74) is 6.77. The lowest BCUT2D eigenvalue weighted by Crippen LogP contribution is -2.49. The molecule has 0 spiro atoms. The molecule has 1 aromatic carbocycles. The largest absolute Gasteiger partial charge is 0.369 e. The van der Waals surface area contributed by atoms with E-state index >= 15 is 0 Å². The zero-order valence-corrected chi connectivity index (χ0v) is 13.6. The van der Waals surface area contributed by atoms with Crippen LogP contribution >= 0.6 is 0 Å². The molecule has 7 nitrogen and oxygen atoms in total. The van der Waals surface area contributed by atoms with Gasteiger partial charge in [0.05, 0.1) is 12.2 Å². The third-order valence-corrected chi connectivity index (χ3v) is 4.74. The van der Waals surface area contributed by atoms with Gasteiger partial charge in [0, 0.05) is 12.1 Å². The number of nitrogens with two attached hydrogens (primary N) is 1. The van der Waals surface area contributed by atoms with E-state index in [0.29, 0.717) is 12.0 Å². The molecule has 1 aliphatic heterocycles. The van der Waals surface area contributed by atoms with Crippen molar-refractivity contribution in [3.05, 3.63) is 47.0 Å². The molecule has 0 aliphatic carbocycles. The summed E-state index contributed by atoms with van der Waals surface area (Å²) in [5, 5.41) is 1.03. The standard InChI is InChI=1S/C15H19N3O4S/c1-11-7-8-18(15(20)13(11)9-14(16)19)17-23(21,22)10-12-5-3-2-4-6-12/h2-6,17H,7-10H2,1H3,(H2,16,19). The summed E-state index contributed by atoms with van der Waals surface area (Å²) < 4.78 is 24.4. The maximum Gasteiger partial charge on any atom is 0.265 e. The maximum atomic E-state index is 12.3. The second kappa shape index (κ2) is 6.93. The Kier molecular flexibility index (Phi) is 5.17. The van der Waals surface area contributed by atoms with E-state index in [2.05, 4.69) is 4.83 Å². The first kappa shape index (κ1) is 17.2. The summed E-state index contributed by atoms with van der Waals surface area (Å²) in [4.78, 5) is 25.7. The summed E-state index contributed by atoms with van der Waals surface area (Å²) in [6.45, 7) is 1.97. The topological polar surface area (TPSA) is 110 Å². The van der Waals surface area contributed by atoms with Gasteiger partial charge in [-0.1, -0.05) is 35.9 Å². The van der Waals surface area contributed by atoms with E-state index in [1.165, 1.54) is 0 Å². The number of benzene rings is 1. The first-order chi connectivity index (χ1) is 10.8. The number of nitrogens with zero attached hydrogens (tertiary/aromatic N) is 1. The van der Waals surface area contributed by atoms with Crippen LogP contribution < -0.4 is 10.6 Å². The Labute approximate surface area is 135 Å². The van der Waals surface area contributed by atoms with E-state index in [0.717, 1.165) is 10.6 Å². The highest BCUT2D eigenvalue weighted by molar-refractivity contribution is 7.88. The van der Waals surface area contributed by atoms with Gasteiger partial charge in [0.15, 0.2) is 0 Å². The number of primary amides is 1. The van der Waals surface area contributed by atoms with Crippen LogP contribution in [0.3, 0.4) is 0 Å². The van der Waals surface area contributed by atoms with Crippen LogP contribution in [-0.4, -0.2) is 31.8 Å². The third-order valence-electron chi connectivity index (χ3n) is 3.53. The molecule has 0 aromatic heterocycles. The summed E-state index contributed by atoms with van der Waals surface area (Å²) >= 11 is 0. The van der Waals surface area contributed by atoms with Crippen molar-refractivity contribution in [3.8, 4) is 0 Å². The zero-order chi connectivity index (χ0) is 17.0. The minimum atomic E-state index is -3.72. The van der Waals surface area contributed by atoms with Crippen molar-refractivity contribution >= 4 is 21.8 Å². The first-order valence-corrected chi connectivity index (χ1v) is 8.76.